The zero-order chi connectivity index (χ0) is 30.6. The number of unbranched alkanes of at least 4 members (excludes halogenated alkanes) is 12. The van der Waals surface area contributed by atoms with Crippen LogP contribution in [0.15, 0.2) is 0 Å². The maximum Gasteiger partial charge on any atom is 0.309 e. The lowest BCUT2D eigenvalue weighted by Gasteiger charge is -2.22. The summed E-state index contributed by atoms with van der Waals surface area (Å²) in [5.74, 6) is -0.228. The van der Waals surface area contributed by atoms with E-state index in [9.17, 15) is 24.6 Å². The molecule has 2 fully saturated rings. The highest BCUT2D eigenvalue weighted by Crippen LogP contribution is 2.29. The van der Waals surface area contributed by atoms with Crippen molar-refractivity contribution in [1.29, 1.82) is 0 Å². The molecule has 7 nitrogen and oxygen atoms in total. The Morgan fingerprint density at radius 1 is 0.762 bits per heavy atom. The molecule has 0 aliphatic carbocycles. The molecule has 0 bridgehead atoms. The molecule has 0 aromatic heterocycles. The number of aliphatic hydroxyl groups is 2. The first-order chi connectivity index (χ1) is 20.3. The van der Waals surface area contributed by atoms with Gasteiger partial charge in [0.15, 0.2) is 0 Å². The number of cyclic esters (lactones) is 1. The third kappa shape index (κ3) is 16.0. The molecule has 2 heterocycles. The van der Waals surface area contributed by atoms with E-state index in [-0.39, 0.29) is 48.2 Å². The molecular formula is C35H62O7. The van der Waals surface area contributed by atoms with Crippen LogP contribution in [-0.2, 0) is 23.9 Å². The number of aliphatic hydroxyl groups excluding tert-OH is 2. The lowest BCUT2D eigenvalue weighted by Crippen LogP contribution is -2.31. The molecule has 0 radical (unpaired) electrons. The highest BCUT2D eigenvalue weighted by atomic mass is 16.6. The second-order valence-electron chi connectivity index (χ2n) is 13.2. The Morgan fingerprint density at radius 2 is 1.26 bits per heavy atom. The average Bonchev–Trinajstić information content (AvgIpc) is 3.58. The van der Waals surface area contributed by atoms with Crippen molar-refractivity contribution in [2.45, 2.75) is 198 Å². The monoisotopic (exact) mass is 594 g/mol. The van der Waals surface area contributed by atoms with Crippen LogP contribution in [0, 0.1) is 5.92 Å². The van der Waals surface area contributed by atoms with Gasteiger partial charge in [0.2, 0.25) is 0 Å². The predicted octanol–water partition coefficient (Wildman–Crippen LogP) is 7.56. The molecule has 0 amide bonds. The lowest BCUT2D eigenvalue weighted by molar-refractivity contribution is -0.145. The smallest absolute Gasteiger partial charge is 0.309 e. The molecule has 2 aliphatic heterocycles. The normalized spacial score (nSPS) is 23.7. The summed E-state index contributed by atoms with van der Waals surface area (Å²) >= 11 is 0. The summed E-state index contributed by atoms with van der Waals surface area (Å²) in [6.07, 6.45) is 21.5. The van der Waals surface area contributed by atoms with E-state index in [0.717, 1.165) is 64.2 Å². The Bertz CT molecular complexity index is 754. The van der Waals surface area contributed by atoms with Gasteiger partial charge in [0.1, 0.15) is 17.7 Å². The first-order valence-corrected chi connectivity index (χ1v) is 17.5. The molecule has 2 rings (SSSR count). The topological polar surface area (TPSA) is 110 Å². The summed E-state index contributed by atoms with van der Waals surface area (Å²) in [5.41, 5.74) is 0. The number of hydrogen-bond donors (Lipinski definition) is 2. The zero-order valence-electron chi connectivity index (χ0n) is 26.9. The van der Waals surface area contributed by atoms with Crippen molar-refractivity contribution in [2.24, 2.45) is 5.92 Å². The van der Waals surface area contributed by atoms with Gasteiger partial charge in [0, 0.05) is 19.3 Å². The van der Waals surface area contributed by atoms with E-state index in [1.165, 1.54) is 64.7 Å². The number of ether oxygens (including phenoxy) is 2. The summed E-state index contributed by atoms with van der Waals surface area (Å²) in [6, 6.07) is 0. The third-order valence-corrected chi connectivity index (χ3v) is 9.18. The van der Waals surface area contributed by atoms with Crippen molar-refractivity contribution in [3.05, 3.63) is 0 Å². The maximum absolute atomic E-state index is 12.3. The van der Waals surface area contributed by atoms with Crippen molar-refractivity contribution in [3.8, 4) is 0 Å². The van der Waals surface area contributed by atoms with Crippen molar-refractivity contribution in [1.82, 2.24) is 0 Å². The Balaban J connectivity index is 1.42. The van der Waals surface area contributed by atoms with Gasteiger partial charge in [0.25, 0.3) is 0 Å². The van der Waals surface area contributed by atoms with Crippen LogP contribution >= 0.6 is 0 Å². The van der Waals surface area contributed by atoms with E-state index in [1.54, 1.807) is 0 Å². The Hall–Kier alpha value is -1.31. The van der Waals surface area contributed by atoms with Crippen molar-refractivity contribution in [2.75, 3.05) is 0 Å². The van der Waals surface area contributed by atoms with Gasteiger partial charge in [-0.1, -0.05) is 84.0 Å². The summed E-state index contributed by atoms with van der Waals surface area (Å²) in [7, 11) is 0. The molecule has 0 aromatic carbocycles. The number of esters is 1. The van der Waals surface area contributed by atoms with E-state index in [4.69, 9.17) is 9.47 Å². The number of Topliss-reactive ketones (excluding diaryl/α,β-unsaturated/α-hetero) is 2. The standard InChI is InChI=1S/C35H62O7/c1-3-4-5-6-7-8-9-10-11-15-21-31(38)33-23-24-34(42-33)32(39)22-17-16-19-29(37)18-13-12-14-20-30-26-28(25-27(2)36)35(40)41-30/h28,30-34,38-39H,3-26H2,1-2H3/t28-,30-,31+,32-,33-,34-/m1/s1. The molecule has 0 spiro atoms. The van der Waals surface area contributed by atoms with Crippen LogP contribution in [0.5, 0.6) is 0 Å². The fourth-order valence-corrected chi connectivity index (χ4v) is 6.55. The van der Waals surface area contributed by atoms with Crippen LogP contribution in [0.25, 0.3) is 0 Å². The molecule has 2 saturated heterocycles. The number of ketones is 2. The van der Waals surface area contributed by atoms with Crippen LogP contribution < -0.4 is 0 Å². The van der Waals surface area contributed by atoms with Crippen molar-refractivity contribution >= 4 is 17.5 Å². The van der Waals surface area contributed by atoms with Gasteiger partial charge in [-0.15, -0.1) is 0 Å². The van der Waals surface area contributed by atoms with E-state index < -0.39 is 12.2 Å². The van der Waals surface area contributed by atoms with Crippen LogP contribution in [-0.4, -0.2) is 58.3 Å². The van der Waals surface area contributed by atoms with Crippen LogP contribution in [0.4, 0.5) is 0 Å². The fourth-order valence-electron chi connectivity index (χ4n) is 6.55. The van der Waals surface area contributed by atoms with Crippen molar-refractivity contribution < 1.29 is 34.1 Å². The van der Waals surface area contributed by atoms with Gasteiger partial charge >= 0.3 is 5.97 Å². The van der Waals surface area contributed by atoms with Crippen LogP contribution in [0.1, 0.15) is 168 Å². The minimum Gasteiger partial charge on any atom is -0.462 e. The Morgan fingerprint density at radius 3 is 1.83 bits per heavy atom. The molecule has 244 valence electrons. The van der Waals surface area contributed by atoms with Gasteiger partial charge in [-0.3, -0.25) is 9.59 Å². The van der Waals surface area contributed by atoms with Crippen LogP contribution in [0.3, 0.4) is 0 Å². The minimum atomic E-state index is -0.533. The third-order valence-electron chi connectivity index (χ3n) is 9.18. The molecule has 6 atom stereocenters. The molecule has 0 saturated carbocycles. The molecule has 0 unspecified atom stereocenters. The SMILES string of the molecule is CCCCCCCCCCCC[C@H](O)[C@H]1CC[C@H]([C@H](O)CCCCC(=O)CCCCC[C@@H]2C[C@@H](CC(C)=O)C(=O)O2)O1. The Kier molecular flexibility index (Phi) is 19.5. The summed E-state index contributed by atoms with van der Waals surface area (Å²) < 4.78 is 11.4. The summed E-state index contributed by atoms with van der Waals surface area (Å²) in [6.45, 7) is 3.76. The number of carbonyl (C=O) groups is 3. The highest BCUT2D eigenvalue weighted by molar-refractivity contribution is 5.83. The van der Waals surface area contributed by atoms with E-state index in [0.29, 0.717) is 25.7 Å². The molecule has 2 aliphatic rings. The molecular weight excluding hydrogens is 532 g/mol. The predicted molar refractivity (Wildman–Crippen MR) is 166 cm³/mol. The fraction of sp³-hybridized carbons (Fsp3) is 0.914. The Labute approximate surface area is 255 Å². The van der Waals surface area contributed by atoms with Crippen LogP contribution in [0.2, 0.25) is 0 Å². The number of rotatable bonds is 26. The number of hydrogen-bond acceptors (Lipinski definition) is 7. The summed E-state index contributed by atoms with van der Waals surface area (Å²) in [4.78, 5) is 35.3. The van der Waals surface area contributed by atoms with Crippen molar-refractivity contribution in [3.63, 3.8) is 0 Å². The molecule has 7 heteroatoms. The van der Waals surface area contributed by atoms with Gasteiger partial charge in [-0.2, -0.15) is 0 Å². The summed E-state index contributed by atoms with van der Waals surface area (Å²) in [5, 5.41) is 21.2. The lowest BCUT2D eigenvalue weighted by atomic mass is 9.96. The maximum atomic E-state index is 12.3. The van der Waals surface area contributed by atoms with E-state index >= 15 is 0 Å². The number of carbonyl (C=O) groups excluding carboxylic acids is 3. The quantitative estimate of drug-likeness (QED) is 0.0785. The second-order valence-corrected chi connectivity index (χ2v) is 13.2. The van der Waals surface area contributed by atoms with E-state index in [2.05, 4.69) is 6.92 Å². The van der Waals surface area contributed by atoms with Gasteiger partial charge in [-0.05, 0) is 64.7 Å². The molecule has 2 N–H and O–H groups in total. The largest absolute Gasteiger partial charge is 0.462 e. The van der Waals surface area contributed by atoms with Gasteiger partial charge < -0.3 is 24.5 Å². The molecule has 42 heavy (non-hydrogen) atoms. The zero-order valence-corrected chi connectivity index (χ0v) is 26.9. The van der Waals surface area contributed by atoms with Gasteiger partial charge in [0.05, 0.1) is 30.3 Å². The van der Waals surface area contributed by atoms with E-state index in [1.807, 2.05) is 0 Å². The van der Waals surface area contributed by atoms with Gasteiger partial charge in [-0.25, -0.2) is 0 Å². The first kappa shape index (κ1) is 36.9. The second kappa shape index (κ2) is 22.2. The average molecular weight is 595 g/mol. The molecule has 0 aromatic rings. The minimum absolute atomic E-state index is 0.0241. The first-order valence-electron chi connectivity index (χ1n) is 17.5. The highest BCUT2D eigenvalue weighted by Gasteiger charge is 2.35.